The lowest BCUT2D eigenvalue weighted by atomic mass is 10.0. The first-order chi connectivity index (χ1) is 10.0. The Labute approximate surface area is 123 Å². The quantitative estimate of drug-likeness (QED) is 0.931. The summed E-state index contributed by atoms with van der Waals surface area (Å²) in [5, 5.41) is 2.82. The lowest BCUT2D eigenvalue weighted by molar-refractivity contribution is 0.0994. The first kappa shape index (κ1) is 13.8. The molecule has 0 bridgehead atoms. The van der Waals surface area contributed by atoms with Crippen molar-refractivity contribution >= 4 is 11.7 Å². The zero-order chi connectivity index (χ0) is 15.0. The molecule has 0 radical (unpaired) electrons. The van der Waals surface area contributed by atoms with Crippen LogP contribution >= 0.6 is 0 Å². The van der Waals surface area contributed by atoms with Crippen LogP contribution in [0.15, 0.2) is 22.8 Å². The number of aryl methyl sites for hydroxylation is 1. The number of carbonyl (C=O) groups excluding carboxylic acids is 1. The van der Waals surface area contributed by atoms with E-state index in [2.05, 4.69) is 15.3 Å². The van der Waals surface area contributed by atoms with Gasteiger partial charge in [-0.15, -0.1) is 0 Å². The van der Waals surface area contributed by atoms with Crippen LogP contribution in [0, 0.1) is 6.92 Å². The smallest absolute Gasteiger partial charge is 0.292 e. The number of carbonyl (C=O) groups is 1. The molecule has 0 spiro atoms. The van der Waals surface area contributed by atoms with Gasteiger partial charge in [0.2, 0.25) is 0 Å². The van der Waals surface area contributed by atoms with E-state index in [1.165, 1.54) is 12.8 Å². The SMILES string of the molecule is Cc1nc(NC(=O)c2occc2C(C)C)cc(C2CC2)n1. The maximum absolute atomic E-state index is 12.3. The van der Waals surface area contributed by atoms with E-state index < -0.39 is 0 Å². The molecule has 110 valence electrons. The summed E-state index contributed by atoms with van der Waals surface area (Å²) >= 11 is 0. The predicted octanol–water partition coefficient (Wildman–Crippen LogP) is 3.63. The Morgan fingerprint density at radius 1 is 1.38 bits per heavy atom. The highest BCUT2D eigenvalue weighted by Crippen LogP contribution is 2.39. The van der Waals surface area contributed by atoms with E-state index in [1.807, 2.05) is 32.9 Å². The normalized spacial score (nSPS) is 14.5. The van der Waals surface area contributed by atoms with Gasteiger partial charge in [0.1, 0.15) is 11.6 Å². The van der Waals surface area contributed by atoms with Crippen molar-refractivity contribution in [2.24, 2.45) is 0 Å². The van der Waals surface area contributed by atoms with Crippen molar-refractivity contribution in [1.82, 2.24) is 9.97 Å². The molecule has 0 unspecified atom stereocenters. The van der Waals surface area contributed by atoms with E-state index in [-0.39, 0.29) is 11.8 Å². The molecule has 5 heteroatoms. The van der Waals surface area contributed by atoms with Gasteiger partial charge in [-0.2, -0.15) is 0 Å². The van der Waals surface area contributed by atoms with Crippen molar-refractivity contribution in [2.45, 2.75) is 45.4 Å². The van der Waals surface area contributed by atoms with Crippen LogP contribution in [-0.4, -0.2) is 15.9 Å². The molecule has 0 atom stereocenters. The first-order valence-electron chi connectivity index (χ1n) is 7.29. The standard InChI is InChI=1S/C16H19N3O2/c1-9(2)12-6-7-21-15(12)16(20)19-14-8-13(11-4-5-11)17-10(3)18-14/h6-9,11H,4-5H2,1-3H3,(H,17,18,19,20). The molecule has 1 saturated carbocycles. The molecule has 5 nitrogen and oxygen atoms in total. The molecule has 0 saturated heterocycles. The monoisotopic (exact) mass is 285 g/mol. The predicted molar refractivity (Wildman–Crippen MR) is 79.5 cm³/mol. The highest BCUT2D eigenvalue weighted by Gasteiger charge is 2.26. The molecule has 1 N–H and O–H groups in total. The zero-order valence-corrected chi connectivity index (χ0v) is 12.5. The summed E-state index contributed by atoms with van der Waals surface area (Å²) in [5.41, 5.74) is 1.92. The fraction of sp³-hybridized carbons (Fsp3) is 0.438. The van der Waals surface area contributed by atoms with Crippen molar-refractivity contribution < 1.29 is 9.21 Å². The molecule has 2 aromatic heterocycles. The Morgan fingerprint density at radius 2 is 2.14 bits per heavy atom. The maximum Gasteiger partial charge on any atom is 0.292 e. The highest BCUT2D eigenvalue weighted by molar-refractivity contribution is 6.02. The second-order valence-corrected chi connectivity index (χ2v) is 5.81. The molecular formula is C16H19N3O2. The van der Waals surface area contributed by atoms with E-state index in [1.54, 1.807) is 6.26 Å². The average Bonchev–Trinajstić information content (AvgIpc) is 3.14. The summed E-state index contributed by atoms with van der Waals surface area (Å²) in [5.74, 6) is 2.08. The number of amides is 1. The van der Waals surface area contributed by atoms with Gasteiger partial charge in [-0.25, -0.2) is 9.97 Å². The number of nitrogens with one attached hydrogen (secondary N) is 1. The summed E-state index contributed by atoms with van der Waals surface area (Å²) in [7, 11) is 0. The van der Waals surface area contributed by atoms with Crippen LogP contribution in [0.25, 0.3) is 0 Å². The molecule has 2 aromatic rings. The molecular weight excluding hydrogens is 266 g/mol. The van der Waals surface area contributed by atoms with Crippen molar-refractivity contribution in [1.29, 1.82) is 0 Å². The fourth-order valence-electron chi connectivity index (χ4n) is 2.37. The molecule has 0 aliphatic heterocycles. The zero-order valence-electron chi connectivity index (χ0n) is 12.5. The minimum atomic E-state index is -0.261. The van der Waals surface area contributed by atoms with Crippen LogP contribution in [0.3, 0.4) is 0 Å². The molecule has 3 rings (SSSR count). The minimum Gasteiger partial charge on any atom is -0.459 e. The second kappa shape index (κ2) is 5.31. The largest absolute Gasteiger partial charge is 0.459 e. The van der Waals surface area contributed by atoms with Crippen LogP contribution in [0.4, 0.5) is 5.82 Å². The molecule has 2 heterocycles. The van der Waals surface area contributed by atoms with Crippen molar-refractivity contribution in [2.75, 3.05) is 5.32 Å². The van der Waals surface area contributed by atoms with E-state index in [0.717, 1.165) is 11.3 Å². The van der Waals surface area contributed by atoms with Gasteiger partial charge in [0, 0.05) is 23.2 Å². The molecule has 21 heavy (non-hydrogen) atoms. The van der Waals surface area contributed by atoms with Crippen molar-refractivity contribution in [3.05, 3.63) is 41.2 Å². The topological polar surface area (TPSA) is 68.0 Å². The third kappa shape index (κ3) is 2.96. The molecule has 1 aliphatic carbocycles. The highest BCUT2D eigenvalue weighted by atomic mass is 16.3. The van der Waals surface area contributed by atoms with Gasteiger partial charge >= 0.3 is 0 Å². The molecule has 0 aromatic carbocycles. The van der Waals surface area contributed by atoms with Crippen molar-refractivity contribution in [3.8, 4) is 0 Å². The Morgan fingerprint density at radius 3 is 2.81 bits per heavy atom. The number of anilines is 1. The number of aromatic nitrogens is 2. The molecule has 1 amide bonds. The number of hydrogen-bond donors (Lipinski definition) is 1. The van der Waals surface area contributed by atoms with Gasteiger partial charge in [-0.05, 0) is 31.7 Å². The number of rotatable bonds is 4. The van der Waals surface area contributed by atoms with Crippen LogP contribution in [0.2, 0.25) is 0 Å². The molecule has 1 fully saturated rings. The molecule has 1 aliphatic rings. The van der Waals surface area contributed by atoms with Gasteiger partial charge < -0.3 is 9.73 Å². The third-order valence-electron chi connectivity index (χ3n) is 3.62. The Hall–Kier alpha value is -2.17. The summed E-state index contributed by atoms with van der Waals surface area (Å²) in [6.07, 6.45) is 3.88. The Balaban J connectivity index is 1.82. The summed E-state index contributed by atoms with van der Waals surface area (Å²) in [6, 6.07) is 3.70. The Kier molecular flexibility index (Phi) is 3.49. The average molecular weight is 285 g/mol. The first-order valence-corrected chi connectivity index (χ1v) is 7.29. The fourth-order valence-corrected chi connectivity index (χ4v) is 2.37. The minimum absolute atomic E-state index is 0.235. The Bertz CT molecular complexity index is 672. The van der Waals surface area contributed by atoms with Crippen LogP contribution in [0.1, 0.15) is 66.2 Å². The van der Waals surface area contributed by atoms with Crippen molar-refractivity contribution in [3.63, 3.8) is 0 Å². The lowest BCUT2D eigenvalue weighted by Crippen LogP contribution is -2.15. The summed E-state index contributed by atoms with van der Waals surface area (Å²) in [6.45, 7) is 5.90. The van der Waals surface area contributed by atoms with E-state index >= 15 is 0 Å². The van der Waals surface area contributed by atoms with Crippen LogP contribution in [-0.2, 0) is 0 Å². The number of hydrogen-bond acceptors (Lipinski definition) is 4. The van der Waals surface area contributed by atoms with E-state index in [0.29, 0.717) is 23.3 Å². The van der Waals surface area contributed by atoms with Crippen LogP contribution < -0.4 is 5.32 Å². The summed E-state index contributed by atoms with van der Waals surface area (Å²) in [4.78, 5) is 21.1. The number of nitrogens with zero attached hydrogens (tertiary/aromatic N) is 2. The lowest BCUT2D eigenvalue weighted by Gasteiger charge is -2.08. The summed E-state index contributed by atoms with van der Waals surface area (Å²) < 4.78 is 5.32. The van der Waals surface area contributed by atoms with Gasteiger partial charge in [0.15, 0.2) is 5.76 Å². The second-order valence-electron chi connectivity index (χ2n) is 5.81. The van der Waals surface area contributed by atoms with E-state index in [4.69, 9.17) is 4.42 Å². The van der Waals surface area contributed by atoms with Gasteiger partial charge in [-0.3, -0.25) is 4.79 Å². The number of furan rings is 1. The van der Waals surface area contributed by atoms with Gasteiger partial charge in [0.25, 0.3) is 5.91 Å². The van der Waals surface area contributed by atoms with E-state index in [9.17, 15) is 4.79 Å². The van der Waals surface area contributed by atoms with Crippen LogP contribution in [0.5, 0.6) is 0 Å². The van der Waals surface area contributed by atoms with Gasteiger partial charge in [-0.1, -0.05) is 13.8 Å². The maximum atomic E-state index is 12.3. The van der Waals surface area contributed by atoms with Gasteiger partial charge in [0.05, 0.1) is 6.26 Å². The third-order valence-corrected chi connectivity index (χ3v) is 3.62.